The van der Waals surface area contributed by atoms with Gasteiger partial charge in [-0.05, 0) is 38.3 Å². The number of para-hydroxylation sites is 1. The fraction of sp³-hybridized carbons (Fsp3) is 0.444. The Morgan fingerprint density at radius 3 is 2.87 bits per heavy atom. The van der Waals surface area contributed by atoms with E-state index in [0.717, 1.165) is 50.1 Å². The molecule has 0 bridgehead atoms. The van der Waals surface area contributed by atoms with E-state index in [4.69, 9.17) is 5.10 Å². The molecular weight excluding hydrogens is 288 g/mol. The minimum Gasteiger partial charge on any atom is -0.334 e. The van der Waals surface area contributed by atoms with Crippen molar-refractivity contribution in [2.75, 3.05) is 19.6 Å². The van der Waals surface area contributed by atoms with Crippen LogP contribution in [0.25, 0.3) is 5.69 Å². The molecule has 5 heteroatoms. The van der Waals surface area contributed by atoms with E-state index in [9.17, 15) is 4.79 Å². The smallest absolute Gasteiger partial charge is 0.274 e. The lowest BCUT2D eigenvalue weighted by Crippen LogP contribution is -2.51. The van der Waals surface area contributed by atoms with Gasteiger partial charge < -0.3 is 10.2 Å². The number of carbonyl (C=O) groups is 1. The molecule has 1 amide bonds. The summed E-state index contributed by atoms with van der Waals surface area (Å²) in [7, 11) is 0. The van der Waals surface area contributed by atoms with Gasteiger partial charge in [-0.1, -0.05) is 18.2 Å². The van der Waals surface area contributed by atoms with Crippen LogP contribution in [-0.2, 0) is 12.8 Å². The first kappa shape index (κ1) is 14.5. The number of aromatic nitrogens is 2. The van der Waals surface area contributed by atoms with Gasteiger partial charge in [0.05, 0.1) is 5.69 Å². The van der Waals surface area contributed by atoms with Crippen LogP contribution >= 0.6 is 0 Å². The summed E-state index contributed by atoms with van der Waals surface area (Å²) in [6.45, 7) is 4.49. The molecule has 4 rings (SSSR count). The molecule has 0 spiro atoms. The number of carbonyl (C=O) groups excluding carboxylic acids is 1. The van der Waals surface area contributed by atoms with Gasteiger partial charge in [-0.3, -0.25) is 4.79 Å². The quantitative estimate of drug-likeness (QED) is 0.920. The average Bonchev–Trinajstić information content (AvgIpc) is 3.17. The maximum absolute atomic E-state index is 13.0. The third kappa shape index (κ3) is 2.55. The van der Waals surface area contributed by atoms with Gasteiger partial charge in [0.25, 0.3) is 5.91 Å². The number of rotatable bonds is 2. The predicted molar refractivity (Wildman–Crippen MR) is 89.0 cm³/mol. The summed E-state index contributed by atoms with van der Waals surface area (Å²) in [5, 5.41) is 8.09. The molecule has 2 heterocycles. The second-order valence-electron chi connectivity index (χ2n) is 6.48. The number of fused-ring (bicyclic) bond motifs is 1. The number of hydrogen-bond acceptors (Lipinski definition) is 3. The van der Waals surface area contributed by atoms with Gasteiger partial charge in [-0.2, -0.15) is 5.10 Å². The lowest BCUT2D eigenvalue weighted by atomic mass is 10.1. The van der Waals surface area contributed by atoms with Crippen LogP contribution in [0, 0.1) is 0 Å². The van der Waals surface area contributed by atoms with Crippen LogP contribution in [0.3, 0.4) is 0 Å². The number of nitrogens with one attached hydrogen (secondary N) is 1. The van der Waals surface area contributed by atoms with Crippen molar-refractivity contribution in [1.29, 1.82) is 0 Å². The average molecular weight is 310 g/mol. The second-order valence-corrected chi connectivity index (χ2v) is 6.48. The minimum absolute atomic E-state index is 0.0891. The van der Waals surface area contributed by atoms with E-state index in [1.807, 2.05) is 39.9 Å². The van der Waals surface area contributed by atoms with Gasteiger partial charge >= 0.3 is 0 Å². The van der Waals surface area contributed by atoms with E-state index in [-0.39, 0.29) is 5.91 Å². The number of nitrogens with zero attached hydrogens (tertiary/aromatic N) is 3. The van der Waals surface area contributed by atoms with E-state index >= 15 is 0 Å². The molecule has 0 radical (unpaired) electrons. The second kappa shape index (κ2) is 5.81. The van der Waals surface area contributed by atoms with Crippen LogP contribution in [0.5, 0.6) is 0 Å². The molecule has 2 aliphatic rings. The third-order valence-electron chi connectivity index (χ3n) is 4.79. The SMILES string of the molecule is CC1CN(C(=O)c2nn(-c3ccccc3)c3c2CCC3)CCN1. The van der Waals surface area contributed by atoms with Gasteiger partial charge in [-0.15, -0.1) is 0 Å². The summed E-state index contributed by atoms with van der Waals surface area (Å²) in [5.41, 5.74) is 4.07. The molecule has 2 aromatic rings. The normalized spacial score (nSPS) is 20.6. The van der Waals surface area contributed by atoms with E-state index < -0.39 is 0 Å². The molecular formula is C18H22N4O. The van der Waals surface area contributed by atoms with Gasteiger partial charge in [-0.25, -0.2) is 4.68 Å². The molecule has 1 saturated heterocycles. The van der Waals surface area contributed by atoms with Crippen LogP contribution in [0.1, 0.15) is 35.1 Å². The fourth-order valence-corrected chi connectivity index (χ4v) is 3.66. The summed E-state index contributed by atoms with van der Waals surface area (Å²) in [5.74, 6) is 0.0891. The Balaban J connectivity index is 1.71. The molecule has 0 saturated carbocycles. The first-order valence-corrected chi connectivity index (χ1v) is 8.43. The topological polar surface area (TPSA) is 50.2 Å². The highest BCUT2D eigenvalue weighted by Gasteiger charge is 2.30. The summed E-state index contributed by atoms with van der Waals surface area (Å²) in [6, 6.07) is 10.5. The van der Waals surface area contributed by atoms with Crippen molar-refractivity contribution in [1.82, 2.24) is 20.0 Å². The standard InChI is InChI=1S/C18H22N4O/c1-13-12-21(11-10-19-13)18(23)17-15-8-5-9-16(15)22(20-17)14-6-3-2-4-7-14/h2-4,6-7,13,19H,5,8-12H2,1H3. The Bertz CT molecular complexity index is 722. The van der Waals surface area contributed by atoms with Crippen molar-refractivity contribution in [3.63, 3.8) is 0 Å². The molecule has 1 N–H and O–H groups in total. The summed E-state index contributed by atoms with van der Waals surface area (Å²) >= 11 is 0. The van der Waals surface area contributed by atoms with Gasteiger partial charge in [0.15, 0.2) is 5.69 Å². The number of amides is 1. The molecule has 1 atom stereocenters. The zero-order chi connectivity index (χ0) is 15.8. The van der Waals surface area contributed by atoms with Crippen LogP contribution in [0.4, 0.5) is 0 Å². The van der Waals surface area contributed by atoms with Crippen molar-refractivity contribution in [3.8, 4) is 5.69 Å². The molecule has 120 valence electrons. The van der Waals surface area contributed by atoms with E-state index in [2.05, 4.69) is 12.2 Å². The molecule has 1 fully saturated rings. The van der Waals surface area contributed by atoms with Crippen molar-refractivity contribution in [2.24, 2.45) is 0 Å². The third-order valence-corrected chi connectivity index (χ3v) is 4.79. The van der Waals surface area contributed by atoms with Crippen LogP contribution in [0.2, 0.25) is 0 Å². The Kier molecular flexibility index (Phi) is 3.65. The van der Waals surface area contributed by atoms with Crippen LogP contribution in [0.15, 0.2) is 30.3 Å². The molecule has 1 aliphatic heterocycles. The Hall–Kier alpha value is -2.14. The highest BCUT2D eigenvalue weighted by molar-refractivity contribution is 5.94. The largest absolute Gasteiger partial charge is 0.334 e. The molecule has 5 nitrogen and oxygen atoms in total. The van der Waals surface area contributed by atoms with Crippen molar-refractivity contribution >= 4 is 5.91 Å². The van der Waals surface area contributed by atoms with Crippen LogP contribution < -0.4 is 5.32 Å². The zero-order valence-electron chi connectivity index (χ0n) is 13.5. The van der Waals surface area contributed by atoms with Gasteiger partial charge in [0.1, 0.15) is 0 Å². The van der Waals surface area contributed by atoms with Gasteiger partial charge in [0.2, 0.25) is 0 Å². The Morgan fingerprint density at radius 1 is 1.26 bits per heavy atom. The van der Waals surface area contributed by atoms with Crippen molar-refractivity contribution < 1.29 is 4.79 Å². The Morgan fingerprint density at radius 2 is 2.09 bits per heavy atom. The lowest BCUT2D eigenvalue weighted by Gasteiger charge is -2.31. The van der Waals surface area contributed by atoms with Crippen molar-refractivity contribution in [2.45, 2.75) is 32.2 Å². The maximum Gasteiger partial charge on any atom is 0.274 e. The highest BCUT2D eigenvalue weighted by atomic mass is 16.2. The maximum atomic E-state index is 13.0. The lowest BCUT2D eigenvalue weighted by molar-refractivity contribution is 0.0701. The van der Waals surface area contributed by atoms with Gasteiger partial charge in [0, 0.05) is 36.9 Å². The molecule has 1 aromatic carbocycles. The highest BCUT2D eigenvalue weighted by Crippen LogP contribution is 2.28. The van der Waals surface area contributed by atoms with E-state index in [1.165, 1.54) is 5.69 Å². The monoisotopic (exact) mass is 310 g/mol. The predicted octanol–water partition coefficient (Wildman–Crippen LogP) is 1.79. The first-order valence-electron chi connectivity index (χ1n) is 8.43. The molecule has 1 aromatic heterocycles. The molecule has 23 heavy (non-hydrogen) atoms. The van der Waals surface area contributed by atoms with E-state index in [0.29, 0.717) is 11.7 Å². The van der Waals surface area contributed by atoms with Crippen molar-refractivity contribution in [3.05, 3.63) is 47.3 Å². The number of hydrogen-bond donors (Lipinski definition) is 1. The summed E-state index contributed by atoms with van der Waals surface area (Å²) < 4.78 is 1.97. The number of piperazine rings is 1. The zero-order valence-corrected chi connectivity index (χ0v) is 13.5. The number of benzene rings is 1. The fourth-order valence-electron chi connectivity index (χ4n) is 3.66. The Labute approximate surface area is 136 Å². The van der Waals surface area contributed by atoms with Crippen LogP contribution in [-0.4, -0.2) is 46.3 Å². The summed E-state index contributed by atoms with van der Waals surface area (Å²) in [4.78, 5) is 14.9. The minimum atomic E-state index is 0.0891. The first-order chi connectivity index (χ1) is 11.2. The van der Waals surface area contributed by atoms with E-state index in [1.54, 1.807) is 0 Å². The molecule has 1 unspecified atom stereocenters. The summed E-state index contributed by atoms with van der Waals surface area (Å²) in [6.07, 6.45) is 3.08. The molecule has 1 aliphatic carbocycles.